The second-order valence-electron chi connectivity index (χ2n) is 7.01. The maximum atomic E-state index is 13.8. The summed E-state index contributed by atoms with van der Waals surface area (Å²) in [6.45, 7) is -1.02. The fourth-order valence-corrected chi connectivity index (χ4v) is 4.15. The summed E-state index contributed by atoms with van der Waals surface area (Å²) in [5, 5.41) is 0. The highest BCUT2D eigenvalue weighted by Crippen LogP contribution is 2.53. The molecule has 0 unspecified atom stereocenters. The number of hydrogen-bond donors (Lipinski definition) is 0. The smallest absolute Gasteiger partial charge is 0.387 e. The molecule has 1 aromatic carbocycles. The Hall–Kier alpha value is -1.26. The molecule has 0 N–H and O–H groups in total. The predicted octanol–water partition coefficient (Wildman–Crippen LogP) is 5.89. The highest BCUT2D eigenvalue weighted by Gasteiger charge is 2.41. The minimum atomic E-state index is -3.23. The van der Waals surface area contributed by atoms with Gasteiger partial charge in [0.1, 0.15) is 0 Å². The maximum Gasteiger partial charge on any atom is 0.387 e. The first-order chi connectivity index (χ1) is 11.0. The quantitative estimate of drug-likeness (QED) is 0.591. The average molecular weight is 330 g/mol. The van der Waals surface area contributed by atoms with Crippen LogP contribution in [0.1, 0.15) is 56.9 Å². The number of halogens is 4. The monoisotopic (exact) mass is 330 g/mol. The SMILES string of the molecule is CCCC1CC(C2CC(c3cc(F)c(OC(F)F)c(F)c3)C2)C1. The van der Waals surface area contributed by atoms with E-state index in [4.69, 9.17) is 0 Å². The Bertz CT molecular complexity index is 525. The standard InChI is InChI=1S/C18H22F4O/c1-2-3-10-4-11(5-10)12-6-13(7-12)14-8-15(19)17(16(20)9-14)23-18(21)22/h8-13,18H,2-7H2,1H3. The molecule has 3 rings (SSSR count). The van der Waals surface area contributed by atoms with Crippen molar-refractivity contribution in [2.24, 2.45) is 17.8 Å². The van der Waals surface area contributed by atoms with E-state index in [1.54, 1.807) is 0 Å². The maximum absolute atomic E-state index is 13.8. The lowest BCUT2D eigenvalue weighted by molar-refractivity contribution is -0.0547. The van der Waals surface area contributed by atoms with Gasteiger partial charge in [0.05, 0.1) is 0 Å². The average Bonchev–Trinajstić information content (AvgIpc) is 2.38. The van der Waals surface area contributed by atoms with E-state index in [0.29, 0.717) is 11.5 Å². The van der Waals surface area contributed by atoms with Crippen LogP contribution in [0.25, 0.3) is 0 Å². The molecule has 2 fully saturated rings. The lowest BCUT2D eigenvalue weighted by Gasteiger charge is -2.48. The number of benzene rings is 1. The molecule has 2 saturated carbocycles. The zero-order chi connectivity index (χ0) is 16.6. The van der Waals surface area contributed by atoms with E-state index in [-0.39, 0.29) is 5.92 Å². The van der Waals surface area contributed by atoms with Gasteiger partial charge in [-0.25, -0.2) is 8.78 Å². The molecule has 0 saturated heterocycles. The second-order valence-corrected chi connectivity index (χ2v) is 7.01. The number of ether oxygens (including phenoxy) is 1. The van der Waals surface area contributed by atoms with Crippen molar-refractivity contribution in [2.45, 2.75) is 58.0 Å². The van der Waals surface area contributed by atoms with Crippen LogP contribution in [-0.4, -0.2) is 6.61 Å². The van der Waals surface area contributed by atoms with Crippen molar-refractivity contribution < 1.29 is 22.3 Å². The van der Waals surface area contributed by atoms with Crippen molar-refractivity contribution in [3.63, 3.8) is 0 Å². The zero-order valence-electron chi connectivity index (χ0n) is 13.2. The molecule has 128 valence electrons. The van der Waals surface area contributed by atoms with E-state index in [1.807, 2.05) is 0 Å². The lowest BCUT2D eigenvalue weighted by Crippen LogP contribution is -2.37. The largest absolute Gasteiger partial charge is 0.429 e. The molecular weight excluding hydrogens is 308 g/mol. The summed E-state index contributed by atoms with van der Waals surface area (Å²) in [6.07, 6.45) is 6.99. The highest BCUT2D eigenvalue weighted by atomic mass is 19.3. The normalized spacial score (nSPS) is 30.0. The van der Waals surface area contributed by atoms with Crippen LogP contribution in [-0.2, 0) is 0 Å². The van der Waals surface area contributed by atoms with Crippen LogP contribution < -0.4 is 4.74 Å². The summed E-state index contributed by atoms with van der Waals surface area (Å²) in [5.74, 6) is -0.665. The fraction of sp³-hybridized carbons (Fsp3) is 0.667. The van der Waals surface area contributed by atoms with Crippen molar-refractivity contribution in [1.29, 1.82) is 0 Å². The minimum Gasteiger partial charge on any atom is -0.429 e. The van der Waals surface area contributed by atoms with Crippen LogP contribution in [0.2, 0.25) is 0 Å². The van der Waals surface area contributed by atoms with Crippen LogP contribution in [0.3, 0.4) is 0 Å². The zero-order valence-corrected chi connectivity index (χ0v) is 13.2. The summed E-state index contributed by atoms with van der Waals surface area (Å²) in [4.78, 5) is 0. The van der Waals surface area contributed by atoms with Crippen molar-refractivity contribution in [2.75, 3.05) is 0 Å². The van der Waals surface area contributed by atoms with E-state index in [9.17, 15) is 17.6 Å². The Morgan fingerprint density at radius 3 is 2.13 bits per heavy atom. The molecule has 0 radical (unpaired) electrons. The molecule has 1 nitrogen and oxygen atoms in total. The number of hydrogen-bond acceptors (Lipinski definition) is 1. The van der Waals surface area contributed by atoms with Gasteiger partial charge in [0.2, 0.25) is 0 Å². The molecule has 0 aromatic heterocycles. The molecule has 5 heteroatoms. The molecule has 2 aliphatic rings. The Balaban J connectivity index is 1.56. The molecule has 2 aliphatic carbocycles. The van der Waals surface area contributed by atoms with Gasteiger partial charge in [0, 0.05) is 0 Å². The summed E-state index contributed by atoms with van der Waals surface area (Å²) < 4.78 is 55.7. The molecular formula is C18H22F4O. The molecule has 0 spiro atoms. The lowest BCUT2D eigenvalue weighted by atomic mass is 9.57. The van der Waals surface area contributed by atoms with E-state index in [1.165, 1.54) is 25.7 Å². The van der Waals surface area contributed by atoms with Crippen molar-refractivity contribution in [1.82, 2.24) is 0 Å². The molecule has 0 atom stereocenters. The third kappa shape index (κ3) is 3.48. The molecule has 23 heavy (non-hydrogen) atoms. The van der Waals surface area contributed by atoms with Gasteiger partial charge in [-0.15, -0.1) is 0 Å². The second kappa shape index (κ2) is 6.70. The predicted molar refractivity (Wildman–Crippen MR) is 79.6 cm³/mol. The van der Waals surface area contributed by atoms with Gasteiger partial charge in [0.25, 0.3) is 0 Å². The van der Waals surface area contributed by atoms with Crippen LogP contribution >= 0.6 is 0 Å². The van der Waals surface area contributed by atoms with Crippen molar-refractivity contribution in [3.05, 3.63) is 29.3 Å². The highest BCUT2D eigenvalue weighted by molar-refractivity contribution is 5.34. The van der Waals surface area contributed by atoms with Crippen LogP contribution in [0, 0.1) is 29.4 Å². The minimum absolute atomic E-state index is 0.134. The summed E-state index contributed by atoms with van der Waals surface area (Å²) in [7, 11) is 0. The van der Waals surface area contributed by atoms with Gasteiger partial charge in [-0.2, -0.15) is 8.78 Å². The van der Waals surface area contributed by atoms with Crippen LogP contribution in [0.4, 0.5) is 17.6 Å². The molecule has 0 heterocycles. The summed E-state index contributed by atoms with van der Waals surface area (Å²) in [6, 6.07) is 2.28. The van der Waals surface area contributed by atoms with Crippen molar-refractivity contribution >= 4 is 0 Å². The molecule has 0 aliphatic heterocycles. The number of rotatable bonds is 6. The van der Waals surface area contributed by atoms with Gasteiger partial charge in [0.15, 0.2) is 17.4 Å². The number of alkyl halides is 2. The van der Waals surface area contributed by atoms with Crippen molar-refractivity contribution in [3.8, 4) is 5.75 Å². The van der Waals surface area contributed by atoms with Gasteiger partial charge in [-0.1, -0.05) is 19.8 Å². The first-order valence-corrected chi connectivity index (χ1v) is 8.41. The van der Waals surface area contributed by atoms with E-state index < -0.39 is 24.0 Å². The van der Waals surface area contributed by atoms with Gasteiger partial charge in [-0.3, -0.25) is 0 Å². The first kappa shape index (κ1) is 16.6. The Kier molecular flexibility index (Phi) is 4.83. The van der Waals surface area contributed by atoms with E-state index in [2.05, 4.69) is 11.7 Å². The topological polar surface area (TPSA) is 9.23 Å². The van der Waals surface area contributed by atoms with Gasteiger partial charge >= 0.3 is 6.61 Å². The molecule has 0 amide bonds. The fourth-order valence-electron chi connectivity index (χ4n) is 4.15. The van der Waals surface area contributed by atoms with Gasteiger partial charge < -0.3 is 4.74 Å². The first-order valence-electron chi connectivity index (χ1n) is 8.41. The third-order valence-electron chi connectivity index (χ3n) is 5.51. The Morgan fingerprint density at radius 1 is 1.04 bits per heavy atom. The van der Waals surface area contributed by atoms with Crippen LogP contribution in [0.5, 0.6) is 5.75 Å². The Labute approximate surface area is 134 Å². The summed E-state index contributed by atoms with van der Waals surface area (Å²) >= 11 is 0. The molecule has 1 aromatic rings. The third-order valence-corrected chi connectivity index (χ3v) is 5.51. The summed E-state index contributed by atoms with van der Waals surface area (Å²) in [5.41, 5.74) is 0.558. The Morgan fingerprint density at radius 2 is 1.61 bits per heavy atom. The van der Waals surface area contributed by atoms with E-state index >= 15 is 0 Å². The van der Waals surface area contributed by atoms with Gasteiger partial charge in [-0.05, 0) is 67.1 Å². The molecule has 0 bridgehead atoms. The van der Waals surface area contributed by atoms with E-state index in [0.717, 1.165) is 36.8 Å². The van der Waals surface area contributed by atoms with Crippen LogP contribution in [0.15, 0.2) is 12.1 Å².